The molecule has 0 amide bonds. The lowest BCUT2D eigenvalue weighted by atomic mass is 10.2. The minimum Gasteiger partial charge on any atom is -0.378 e. The van der Waals surface area contributed by atoms with E-state index >= 15 is 0 Å². The van der Waals surface area contributed by atoms with Gasteiger partial charge in [-0.3, -0.25) is 4.79 Å². The van der Waals surface area contributed by atoms with Gasteiger partial charge in [0.1, 0.15) is 0 Å². The van der Waals surface area contributed by atoms with Gasteiger partial charge < -0.3 is 14.5 Å². The maximum Gasteiger partial charge on any atom is 0.196 e. The lowest BCUT2D eigenvalue weighted by Crippen LogP contribution is -2.13. The molecule has 0 aromatic heterocycles. The van der Waals surface area contributed by atoms with Gasteiger partial charge in [-0.2, -0.15) is 0 Å². The highest BCUT2D eigenvalue weighted by Crippen LogP contribution is 2.27. The van der Waals surface area contributed by atoms with Gasteiger partial charge in [-0.1, -0.05) is 0 Å². The predicted molar refractivity (Wildman–Crippen MR) is 73.1 cm³/mol. The third-order valence-corrected chi connectivity index (χ3v) is 2.61. The van der Waals surface area contributed by atoms with Gasteiger partial charge in [-0.25, -0.2) is 0 Å². The van der Waals surface area contributed by atoms with Gasteiger partial charge in [0.15, 0.2) is 5.62 Å². The molecule has 0 heterocycles. The van der Waals surface area contributed by atoms with Crippen LogP contribution in [0.2, 0.25) is 0 Å². The molecule has 16 heavy (non-hydrogen) atoms. The molecule has 0 saturated heterocycles. The monoisotopic (exact) mass is 239 g/mol. The molecule has 1 aromatic rings. The maximum absolute atomic E-state index is 10.3. The van der Waals surface area contributed by atoms with Crippen molar-refractivity contribution in [2.24, 2.45) is 0 Å². The first-order chi connectivity index (χ1) is 7.54. The van der Waals surface area contributed by atoms with E-state index in [2.05, 4.69) is 10.8 Å². The molecule has 0 radical (unpaired) electrons. The second-order valence-electron chi connectivity index (χ2n) is 3.84. The lowest BCUT2D eigenvalue weighted by molar-refractivity contribution is 0.570. The maximum atomic E-state index is 10.3. The van der Waals surface area contributed by atoms with Gasteiger partial charge in [0.25, 0.3) is 0 Å². The third kappa shape index (κ3) is 3.34. The SMILES string of the molecule is CN(C)c1cc(NSC=O)cc(N(C)C)c1. The Morgan fingerprint density at radius 1 is 1.06 bits per heavy atom. The molecule has 0 aliphatic heterocycles. The van der Waals surface area contributed by atoms with Crippen LogP contribution in [0.1, 0.15) is 0 Å². The van der Waals surface area contributed by atoms with Crippen molar-refractivity contribution in [3.05, 3.63) is 18.2 Å². The van der Waals surface area contributed by atoms with Gasteiger partial charge in [-0.05, 0) is 18.2 Å². The normalized spacial score (nSPS) is 9.75. The molecular weight excluding hydrogens is 222 g/mol. The molecule has 0 saturated carbocycles. The summed E-state index contributed by atoms with van der Waals surface area (Å²) in [6.07, 6.45) is 0. The van der Waals surface area contributed by atoms with E-state index in [0.717, 1.165) is 34.6 Å². The van der Waals surface area contributed by atoms with Crippen LogP contribution in [-0.2, 0) is 4.79 Å². The number of anilines is 3. The van der Waals surface area contributed by atoms with Crippen LogP contribution in [0.4, 0.5) is 17.1 Å². The average Bonchev–Trinajstić information content (AvgIpc) is 2.25. The molecule has 0 aliphatic carbocycles. The number of rotatable bonds is 5. The average molecular weight is 239 g/mol. The molecule has 0 spiro atoms. The molecule has 1 aromatic carbocycles. The Morgan fingerprint density at radius 2 is 1.56 bits per heavy atom. The summed E-state index contributed by atoms with van der Waals surface area (Å²) in [5, 5.41) is 0. The van der Waals surface area contributed by atoms with E-state index in [1.807, 2.05) is 50.1 Å². The van der Waals surface area contributed by atoms with Crippen LogP contribution in [0.15, 0.2) is 18.2 Å². The van der Waals surface area contributed by atoms with E-state index in [4.69, 9.17) is 0 Å². The van der Waals surface area contributed by atoms with Crippen LogP contribution in [-0.4, -0.2) is 33.8 Å². The summed E-state index contributed by atoms with van der Waals surface area (Å²) in [7, 11) is 7.97. The number of carbonyl (C=O) groups excluding carboxylic acids is 1. The largest absolute Gasteiger partial charge is 0.378 e. The topological polar surface area (TPSA) is 35.6 Å². The van der Waals surface area contributed by atoms with Gasteiger partial charge in [-0.15, -0.1) is 0 Å². The highest BCUT2D eigenvalue weighted by molar-refractivity contribution is 8.13. The van der Waals surface area contributed by atoms with Crippen LogP contribution in [0.5, 0.6) is 0 Å². The second-order valence-corrected chi connectivity index (χ2v) is 4.48. The fourth-order valence-corrected chi connectivity index (χ4v) is 1.56. The Morgan fingerprint density at radius 3 is 1.94 bits per heavy atom. The number of nitrogens with zero attached hydrogens (tertiary/aromatic N) is 2. The Bertz CT molecular complexity index is 340. The minimum absolute atomic E-state index is 0.775. The summed E-state index contributed by atoms with van der Waals surface area (Å²) >= 11 is 1.03. The van der Waals surface area contributed by atoms with Crippen molar-refractivity contribution < 1.29 is 4.79 Å². The molecule has 1 N–H and O–H groups in total. The first-order valence-corrected chi connectivity index (χ1v) is 5.77. The van der Waals surface area contributed by atoms with Crippen LogP contribution in [0.3, 0.4) is 0 Å². The molecular formula is C11H17N3OS. The van der Waals surface area contributed by atoms with Crippen LogP contribution < -0.4 is 14.5 Å². The molecule has 0 fully saturated rings. The summed E-state index contributed by atoms with van der Waals surface area (Å²) in [5.74, 6) is 0. The van der Waals surface area contributed by atoms with Gasteiger partial charge in [0.2, 0.25) is 0 Å². The van der Waals surface area contributed by atoms with Crippen molar-refractivity contribution >= 4 is 34.6 Å². The summed E-state index contributed by atoms with van der Waals surface area (Å²) in [4.78, 5) is 14.4. The van der Waals surface area contributed by atoms with Crippen molar-refractivity contribution in [2.75, 3.05) is 42.7 Å². The number of hydrogen-bond acceptors (Lipinski definition) is 5. The molecule has 5 heteroatoms. The van der Waals surface area contributed by atoms with E-state index in [1.165, 1.54) is 0 Å². The first-order valence-electron chi connectivity index (χ1n) is 4.89. The Balaban J connectivity index is 3.03. The fourth-order valence-electron chi connectivity index (χ4n) is 1.26. The zero-order chi connectivity index (χ0) is 12.1. The van der Waals surface area contributed by atoms with Gasteiger partial charge >= 0.3 is 0 Å². The van der Waals surface area contributed by atoms with Crippen molar-refractivity contribution in [3.8, 4) is 0 Å². The molecule has 0 bridgehead atoms. The van der Waals surface area contributed by atoms with E-state index in [-0.39, 0.29) is 0 Å². The van der Waals surface area contributed by atoms with E-state index in [0.29, 0.717) is 0 Å². The zero-order valence-corrected chi connectivity index (χ0v) is 10.8. The van der Waals surface area contributed by atoms with Gasteiger partial charge in [0.05, 0.1) is 0 Å². The predicted octanol–water partition coefficient (Wildman–Crippen LogP) is 2.07. The highest BCUT2D eigenvalue weighted by atomic mass is 32.2. The van der Waals surface area contributed by atoms with Gasteiger partial charge in [0, 0.05) is 57.2 Å². The quantitative estimate of drug-likeness (QED) is 0.628. The number of carbonyl (C=O) groups is 1. The Kier molecular flexibility index (Phi) is 4.49. The van der Waals surface area contributed by atoms with E-state index < -0.39 is 0 Å². The highest BCUT2D eigenvalue weighted by Gasteiger charge is 2.04. The van der Waals surface area contributed by atoms with Crippen molar-refractivity contribution in [2.45, 2.75) is 0 Å². The van der Waals surface area contributed by atoms with Crippen LogP contribution >= 0.6 is 11.9 Å². The summed E-state index contributed by atoms with van der Waals surface area (Å²) in [6.45, 7) is 0. The standard InChI is InChI=1S/C11H17N3OS/c1-13(2)10-5-9(12-16-8-15)6-11(7-10)14(3)4/h5-8,12H,1-4H3. The molecule has 0 atom stereocenters. The van der Waals surface area contributed by atoms with Crippen LogP contribution in [0, 0.1) is 0 Å². The van der Waals surface area contributed by atoms with E-state index in [1.54, 1.807) is 0 Å². The molecule has 4 nitrogen and oxygen atoms in total. The number of hydrogen-bond donors (Lipinski definition) is 1. The zero-order valence-electron chi connectivity index (χ0n) is 10.0. The number of benzene rings is 1. The molecule has 88 valence electrons. The molecule has 0 unspecified atom stereocenters. The summed E-state index contributed by atoms with van der Waals surface area (Å²) in [5.41, 5.74) is 3.89. The summed E-state index contributed by atoms with van der Waals surface area (Å²) in [6, 6.07) is 6.10. The molecule has 1 rings (SSSR count). The first kappa shape index (κ1) is 12.7. The minimum atomic E-state index is 0.775. The third-order valence-electron chi connectivity index (χ3n) is 2.16. The Hall–Kier alpha value is -1.36. The fraction of sp³-hybridized carbons (Fsp3) is 0.364. The summed E-state index contributed by atoms with van der Waals surface area (Å²) < 4.78 is 2.98. The lowest BCUT2D eigenvalue weighted by Gasteiger charge is -2.19. The van der Waals surface area contributed by atoms with Crippen molar-refractivity contribution in [3.63, 3.8) is 0 Å². The van der Waals surface area contributed by atoms with Crippen molar-refractivity contribution in [1.29, 1.82) is 0 Å². The smallest absolute Gasteiger partial charge is 0.196 e. The van der Waals surface area contributed by atoms with Crippen LogP contribution in [0.25, 0.3) is 0 Å². The molecule has 0 aliphatic rings. The van der Waals surface area contributed by atoms with Crippen molar-refractivity contribution in [1.82, 2.24) is 0 Å². The van der Waals surface area contributed by atoms with E-state index in [9.17, 15) is 4.79 Å². The second kappa shape index (κ2) is 5.65. The number of nitrogens with one attached hydrogen (secondary N) is 1. The Labute approximate surface area is 101 Å².